The number of allylic oxidation sites excluding steroid dienone is 4. The van der Waals surface area contributed by atoms with E-state index in [4.69, 9.17) is 28.9 Å². The first-order valence-electron chi connectivity index (χ1n) is 26.8. The molecular weight excluding hydrogens is 1180 g/mol. The summed E-state index contributed by atoms with van der Waals surface area (Å²) < 4.78 is 84.9. The molecular formula is C68H36F4N6O9S2. The van der Waals surface area contributed by atoms with Crippen molar-refractivity contribution < 1.29 is 60.5 Å². The van der Waals surface area contributed by atoms with Gasteiger partial charge in [0.2, 0.25) is 16.6 Å². The Balaban J connectivity index is 1.16. The number of halogens is 4. The van der Waals surface area contributed by atoms with Gasteiger partial charge < -0.3 is 18.9 Å². The molecule has 0 bridgehead atoms. The highest BCUT2D eigenvalue weighted by atomic mass is 32.1. The topological polar surface area (TPSA) is 242 Å². The molecule has 0 radical (unpaired) electrons. The fraction of sp³-hybridized carbons (Fsp3) is 0.103. The van der Waals surface area contributed by atoms with Gasteiger partial charge in [-0.3, -0.25) is 24.0 Å². The number of carbonyl (C=O) groups excluding carboxylic acids is 5. The summed E-state index contributed by atoms with van der Waals surface area (Å²) in [6.45, 7) is -2.04. The largest absolute Gasteiger partial charge is 0.459 e. The van der Waals surface area contributed by atoms with Crippen molar-refractivity contribution in [3.63, 3.8) is 0 Å². The zero-order chi connectivity index (χ0) is 62.3. The molecule has 0 fully saturated rings. The molecule has 0 atom stereocenters. The maximum absolute atomic E-state index is 16.2. The van der Waals surface area contributed by atoms with Crippen LogP contribution in [0.15, 0.2) is 178 Å². The van der Waals surface area contributed by atoms with Crippen molar-refractivity contribution in [2.75, 3.05) is 0 Å². The van der Waals surface area contributed by atoms with Crippen molar-refractivity contribution in [1.29, 1.82) is 21.0 Å². The third-order valence-corrected chi connectivity index (χ3v) is 17.6. The monoisotopic (exact) mass is 1220 g/mol. The minimum Gasteiger partial charge on any atom is -0.459 e. The molecule has 21 heteroatoms. The molecule has 15 nitrogen and oxygen atoms in total. The summed E-state index contributed by atoms with van der Waals surface area (Å²) in [7, 11) is 0. The SMILES string of the molecule is N#CC(C#N)=C1/C(=N/c2cc3c(s2)-c2sc4c(c2C3(C(=O)OCc2ccccc2)C(=O)OCc2ccccc2)C(C(=O)OCc2ccccc2)(C(=O)OCc2ccccc2)C(/N=C2\C(=O)c3cc(F)c(F)cc3C2=C(C#N)C#N)=C4)Cc2cc(F)c(F)cc21. The number of Topliss-reactive ketones (excluding diaryl/α,β-unsaturated/α-hetero) is 1. The molecule has 0 spiro atoms. The molecule has 0 amide bonds. The number of fused-ring (bicyclic) bond motifs is 7. The third-order valence-electron chi connectivity index (χ3n) is 15.3. The Kier molecular flexibility index (Phi) is 15.2. The van der Waals surface area contributed by atoms with Gasteiger partial charge in [0.1, 0.15) is 72.6 Å². The lowest BCUT2D eigenvalue weighted by Crippen LogP contribution is -2.51. The first-order chi connectivity index (χ1) is 43.1. The number of hydrogen-bond donors (Lipinski definition) is 0. The highest BCUT2D eigenvalue weighted by molar-refractivity contribution is 7.25. The van der Waals surface area contributed by atoms with Gasteiger partial charge in [-0.05, 0) is 69.8 Å². The van der Waals surface area contributed by atoms with E-state index >= 15 is 28.0 Å². The molecule has 0 saturated heterocycles. The highest BCUT2D eigenvalue weighted by Crippen LogP contribution is 2.65. The van der Waals surface area contributed by atoms with Gasteiger partial charge in [-0.25, -0.2) is 27.5 Å². The lowest BCUT2D eigenvalue weighted by molar-refractivity contribution is -0.167. The van der Waals surface area contributed by atoms with E-state index in [9.17, 15) is 34.6 Å². The molecule has 0 N–H and O–H groups in total. The zero-order valence-electron chi connectivity index (χ0n) is 45.7. The molecule has 89 heavy (non-hydrogen) atoms. The van der Waals surface area contributed by atoms with Crippen LogP contribution in [0.4, 0.5) is 22.6 Å². The van der Waals surface area contributed by atoms with E-state index in [0.29, 0.717) is 34.4 Å². The number of ketones is 1. The summed E-state index contributed by atoms with van der Waals surface area (Å²) in [5.41, 5.74) is -9.58. The molecule has 4 aliphatic rings. The van der Waals surface area contributed by atoms with Gasteiger partial charge >= 0.3 is 23.9 Å². The molecule has 6 aromatic carbocycles. The summed E-state index contributed by atoms with van der Waals surface area (Å²) in [5.74, 6) is -12.1. The van der Waals surface area contributed by atoms with Crippen molar-refractivity contribution in [3.05, 3.63) is 258 Å². The van der Waals surface area contributed by atoms with E-state index in [0.717, 1.165) is 34.8 Å². The van der Waals surface area contributed by atoms with E-state index in [2.05, 4.69) is 0 Å². The zero-order valence-corrected chi connectivity index (χ0v) is 47.4. The number of carbonyl (C=O) groups is 5. The Hall–Kier alpha value is -11.5. The average molecular weight is 1220 g/mol. The summed E-state index contributed by atoms with van der Waals surface area (Å²) in [6.07, 6.45) is 0.971. The molecule has 8 aromatic rings. The summed E-state index contributed by atoms with van der Waals surface area (Å²) in [6, 6.07) is 44.3. The minimum absolute atomic E-state index is 0.00677. The van der Waals surface area contributed by atoms with Crippen molar-refractivity contribution in [2.24, 2.45) is 9.98 Å². The first kappa shape index (κ1) is 57.9. The summed E-state index contributed by atoms with van der Waals surface area (Å²) >= 11 is 1.69. The van der Waals surface area contributed by atoms with Gasteiger partial charge in [0, 0.05) is 50.3 Å². The van der Waals surface area contributed by atoms with Crippen LogP contribution in [0.5, 0.6) is 0 Å². The third kappa shape index (κ3) is 9.77. The van der Waals surface area contributed by atoms with Crippen molar-refractivity contribution in [3.8, 4) is 34.0 Å². The number of nitrogens with zero attached hydrogens (tertiary/aromatic N) is 6. The number of esters is 4. The van der Waals surface area contributed by atoms with Crippen molar-refractivity contribution in [1.82, 2.24) is 0 Å². The second kappa shape index (κ2) is 23.4. The molecule has 4 aliphatic carbocycles. The number of hydrogen-bond acceptors (Lipinski definition) is 17. The van der Waals surface area contributed by atoms with E-state index in [1.807, 2.05) is 0 Å². The number of nitriles is 4. The quantitative estimate of drug-likeness (QED) is 0.0324. The second-order valence-electron chi connectivity index (χ2n) is 20.4. The predicted molar refractivity (Wildman–Crippen MR) is 315 cm³/mol. The molecule has 2 heterocycles. The number of rotatable bonds is 14. The number of aliphatic imine (C=N–C) groups is 2. The molecule has 0 saturated carbocycles. The maximum atomic E-state index is 16.2. The predicted octanol–water partition coefficient (Wildman–Crippen LogP) is 12.5. The van der Waals surface area contributed by atoms with Crippen LogP contribution >= 0.6 is 22.7 Å². The standard InChI is InChI=1S/C68H36F4N6O9S2/c69-47-21-40-22-51(55(41(28-73)29-74)43(40)23-48(47)70)77-54-26-46-61(89-54)62-58(67(46,63(80)84-32-36-13-5-1-6-14-36)64(81)85-33-37-15-7-2-8-16-37)57-52(88-62)27-53(78-59-56(42(30-75)31-76)44-24-49(71)50(72)25-45(44)60(59)79)68(57,65(82)86-34-38-17-9-3-10-18-38)66(83)87-35-39-19-11-4-12-20-39/h1-21,23-27H,22,32-35H2/b77-51+,78-59-. The van der Waals surface area contributed by atoms with Crippen LogP contribution in [0.1, 0.15) is 70.9 Å². The van der Waals surface area contributed by atoms with Gasteiger partial charge in [-0.15, -0.1) is 22.7 Å². The van der Waals surface area contributed by atoms with Gasteiger partial charge in [-0.1, -0.05) is 121 Å². The lowest BCUT2D eigenvalue weighted by atomic mass is 9.70. The van der Waals surface area contributed by atoms with E-state index in [1.165, 1.54) is 12.1 Å². The number of benzene rings is 6. The molecule has 2 aromatic heterocycles. The first-order valence-corrected chi connectivity index (χ1v) is 28.5. The van der Waals surface area contributed by atoms with Gasteiger partial charge in [0.05, 0.1) is 21.2 Å². The average Bonchev–Trinajstić information content (AvgIpc) is 1.51. The van der Waals surface area contributed by atoms with Gasteiger partial charge in [-0.2, -0.15) is 21.0 Å². The molecule has 12 rings (SSSR count). The maximum Gasteiger partial charge on any atom is 0.334 e. The van der Waals surface area contributed by atoms with Crippen LogP contribution < -0.4 is 0 Å². The van der Waals surface area contributed by atoms with Crippen LogP contribution in [0.3, 0.4) is 0 Å². The van der Waals surface area contributed by atoms with Crippen LogP contribution in [0.25, 0.3) is 27.0 Å². The van der Waals surface area contributed by atoms with E-state index in [1.54, 1.807) is 146 Å². The van der Waals surface area contributed by atoms with Crippen LogP contribution in [0.2, 0.25) is 0 Å². The second-order valence-corrected chi connectivity index (χ2v) is 22.4. The van der Waals surface area contributed by atoms with Crippen molar-refractivity contribution >= 4 is 86.0 Å². The van der Waals surface area contributed by atoms with E-state index < -0.39 is 135 Å². The molecule has 0 aliphatic heterocycles. The van der Waals surface area contributed by atoms with E-state index in [-0.39, 0.29) is 59.6 Å². The Morgan fingerprint density at radius 1 is 0.494 bits per heavy atom. The smallest absolute Gasteiger partial charge is 0.334 e. The molecule has 432 valence electrons. The summed E-state index contributed by atoms with van der Waals surface area (Å²) in [5, 5.41) is 41.1. The van der Waals surface area contributed by atoms with Gasteiger partial charge in [0.15, 0.2) is 23.3 Å². The Labute approximate surface area is 510 Å². The Bertz CT molecular complexity index is 4600. The Morgan fingerprint density at radius 2 is 0.921 bits per heavy atom. The highest BCUT2D eigenvalue weighted by Gasteiger charge is 2.68. The van der Waals surface area contributed by atoms with Crippen LogP contribution in [-0.4, -0.2) is 41.1 Å². The lowest BCUT2D eigenvalue weighted by Gasteiger charge is -2.32. The summed E-state index contributed by atoms with van der Waals surface area (Å²) in [4.78, 5) is 89.1. The normalized spacial score (nSPS) is 15.1. The Morgan fingerprint density at radius 3 is 1.39 bits per heavy atom. The fourth-order valence-corrected chi connectivity index (χ4v) is 13.8. The number of thiophene rings is 2. The van der Waals surface area contributed by atoms with Gasteiger partial charge in [0.25, 0.3) is 0 Å². The number of ether oxygens (including phenoxy) is 4. The van der Waals surface area contributed by atoms with Crippen LogP contribution in [0, 0.1) is 68.6 Å². The van der Waals surface area contributed by atoms with Crippen LogP contribution in [-0.2, 0) is 81.8 Å². The fourth-order valence-electron chi connectivity index (χ4n) is 11.2. The molecule has 0 unspecified atom stereocenters. The van der Waals surface area contributed by atoms with Crippen molar-refractivity contribution in [2.45, 2.75) is 43.7 Å². The minimum atomic E-state index is -3.14.